The third-order valence-corrected chi connectivity index (χ3v) is 3.50. The summed E-state index contributed by atoms with van der Waals surface area (Å²) in [7, 11) is 0. The van der Waals surface area contributed by atoms with E-state index in [1.165, 1.54) is 18.2 Å². The van der Waals surface area contributed by atoms with Crippen LogP contribution in [0.5, 0.6) is 0 Å². The van der Waals surface area contributed by atoms with Gasteiger partial charge in [0.2, 0.25) is 0 Å². The first-order valence-electron chi connectivity index (χ1n) is 7.48. The molecule has 0 unspecified atom stereocenters. The number of nitrogens with one attached hydrogen (secondary N) is 2. The minimum Gasteiger partial charge on any atom is -0.338 e. The number of hydrogen-bond acceptors (Lipinski definition) is 3. The summed E-state index contributed by atoms with van der Waals surface area (Å²) in [6.07, 6.45) is 1.11. The van der Waals surface area contributed by atoms with E-state index in [0.29, 0.717) is 12.1 Å². The lowest BCUT2D eigenvalue weighted by Gasteiger charge is -2.09. The number of rotatable bonds is 4. The summed E-state index contributed by atoms with van der Waals surface area (Å²) >= 11 is 0. The van der Waals surface area contributed by atoms with Crippen LogP contribution in [0.2, 0.25) is 0 Å². The maximum absolute atomic E-state index is 13.6. The minimum atomic E-state index is -1.70. The molecule has 3 rings (SSSR count). The molecule has 0 spiro atoms. The summed E-state index contributed by atoms with van der Waals surface area (Å²) in [6.45, 7) is 0. The Hall–Kier alpha value is -3.49. The number of carbonyl (C=O) groups is 1. The van der Waals surface area contributed by atoms with Gasteiger partial charge in [-0.1, -0.05) is 0 Å². The van der Waals surface area contributed by atoms with E-state index in [2.05, 4.69) is 15.6 Å². The van der Waals surface area contributed by atoms with Crippen molar-refractivity contribution in [3.8, 4) is 0 Å². The Morgan fingerprint density at radius 1 is 0.815 bits per heavy atom. The fourth-order valence-electron chi connectivity index (χ4n) is 2.15. The number of nitrogens with zero attached hydrogens (tertiary/aromatic N) is 1. The number of carbonyl (C=O) groups excluding carboxylic acids is 1. The van der Waals surface area contributed by atoms with E-state index in [0.717, 1.165) is 18.3 Å². The molecular formula is C18H10F5N3O. The van der Waals surface area contributed by atoms with Crippen LogP contribution in [0.3, 0.4) is 0 Å². The van der Waals surface area contributed by atoms with E-state index in [9.17, 15) is 26.7 Å². The molecule has 0 saturated heterocycles. The van der Waals surface area contributed by atoms with Crippen molar-refractivity contribution < 1.29 is 26.7 Å². The first kappa shape index (κ1) is 18.3. The molecule has 0 aliphatic carbocycles. The number of anilines is 3. The molecular weight excluding hydrogens is 369 g/mol. The van der Waals surface area contributed by atoms with Crippen LogP contribution in [0.4, 0.5) is 39.1 Å². The van der Waals surface area contributed by atoms with Gasteiger partial charge in [-0.2, -0.15) is 0 Å². The van der Waals surface area contributed by atoms with Crippen LogP contribution in [0.15, 0.2) is 48.7 Å². The predicted octanol–water partition coefficient (Wildman–Crippen LogP) is 4.77. The summed E-state index contributed by atoms with van der Waals surface area (Å²) in [4.78, 5) is 16.0. The lowest BCUT2D eigenvalue weighted by molar-refractivity contribution is 0.102. The maximum atomic E-state index is 13.6. The van der Waals surface area contributed by atoms with Crippen LogP contribution < -0.4 is 10.6 Å². The molecule has 0 atom stereocenters. The molecule has 1 aromatic heterocycles. The van der Waals surface area contributed by atoms with E-state index in [4.69, 9.17) is 0 Å². The third kappa shape index (κ3) is 4.02. The average Bonchev–Trinajstić information content (AvgIpc) is 2.65. The number of pyridine rings is 1. The van der Waals surface area contributed by atoms with E-state index < -0.39 is 40.7 Å². The fraction of sp³-hybridized carbons (Fsp3) is 0. The molecule has 4 nitrogen and oxygen atoms in total. The Labute approximate surface area is 149 Å². The molecule has 1 heterocycles. The topological polar surface area (TPSA) is 54.0 Å². The number of benzene rings is 2. The summed E-state index contributed by atoms with van der Waals surface area (Å²) in [5, 5.41) is 4.70. The van der Waals surface area contributed by atoms with Gasteiger partial charge in [0.15, 0.2) is 17.5 Å². The van der Waals surface area contributed by atoms with Crippen molar-refractivity contribution in [2.45, 2.75) is 0 Å². The molecule has 0 bridgehead atoms. The molecule has 138 valence electrons. The van der Waals surface area contributed by atoms with E-state index in [1.807, 2.05) is 0 Å². The zero-order chi connectivity index (χ0) is 19.6. The Balaban J connectivity index is 1.73. The van der Waals surface area contributed by atoms with Crippen LogP contribution in [-0.4, -0.2) is 10.9 Å². The van der Waals surface area contributed by atoms with Gasteiger partial charge >= 0.3 is 0 Å². The van der Waals surface area contributed by atoms with Crippen molar-refractivity contribution in [2.75, 3.05) is 10.6 Å². The minimum absolute atomic E-state index is 0.00994. The van der Waals surface area contributed by atoms with Crippen molar-refractivity contribution in [2.24, 2.45) is 0 Å². The fourth-order valence-corrected chi connectivity index (χ4v) is 2.15. The number of hydrogen-bond donors (Lipinski definition) is 2. The lowest BCUT2D eigenvalue weighted by atomic mass is 10.2. The maximum Gasteiger partial charge on any atom is 0.257 e. The summed E-state index contributed by atoms with van der Waals surface area (Å²) in [5.74, 6) is -6.82. The quantitative estimate of drug-likeness (QED) is 0.507. The Morgan fingerprint density at radius 3 is 2.22 bits per heavy atom. The van der Waals surface area contributed by atoms with Crippen LogP contribution in [0.1, 0.15) is 10.4 Å². The molecule has 27 heavy (non-hydrogen) atoms. The van der Waals surface area contributed by atoms with Crippen molar-refractivity contribution in [3.63, 3.8) is 0 Å². The Kier molecular flexibility index (Phi) is 5.02. The van der Waals surface area contributed by atoms with Gasteiger partial charge in [-0.15, -0.1) is 0 Å². The second kappa shape index (κ2) is 7.40. The molecule has 0 aliphatic rings. The molecule has 0 fully saturated rings. The van der Waals surface area contributed by atoms with E-state index in [-0.39, 0.29) is 17.1 Å². The van der Waals surface area contributed by atoms with E-state index in [1.54, 1.807) is 0 Å². The number of amides is 1. The number of aromatic nitrogens is 1. The molecule has 0 aliphatic heterocycles. The summed E-state index contributed by atoms with van der Waals surface area (Å²) in [5.41, 5.74) is -0.566. The highest BCUT2D eigenvalue weighted by atomic mass is 19.2. The van der Waals surface area contributed by atoms with Crippen molar-refractivity contribution in [1.82, 2.24) is 4.98 Å². The highest BCUT2D eigenvalue weighted by molar-refractivity contribution is 6.04. The van der Waals surface area contributed by atoms with Gasteiger partial charge in [0.05, 0.1) is 16.9 Å². The second-order valence-corrected chi connectivity index (χ2v) is 5.36. The molecule has 3 aromatic rings. The van der Waals surface area contributed by atoms with Crippen molar-refractivity contribution in [1.29, 1.82) is 0 Å². The summed E-state index contributed by atoms with van der Waals surface area (Å²) < 4.78 is 66.2. The van der Waals surface area contributed by atoms with Gasteiger partial charge in [0.1, 0.15) is 17.5 Å². The first-order valence-corrected chi connectivity index (χ1v) is 7.48. The Morgan fingerprint density at radius 2 is 1.56 bits per heavy atom. The highest BCUT2D eigenvalue weighted by Gasteiger charge is 2.16. The predicted molar refractivity (Wildman–Crippen MR) is 88.1 cm³/mol. The zero-order valence-corrected chi connectivity index (χ0v) is 13.4. The molecule has 2 N–H and O–H groups in total. The monoisotopic (exact) mass is 379 g/mol. The molecule has 9 heteroatoms. The van der Waals surface area contributed by atoms with Crippen LogP contribution in [-0.2, 0) is 0 Å². The zero-order valence-electron chi connectivity index (χ0n) is 13.4. The van der Waals surface area contributed by atoms with Crippen LogP contribution in [0.25, 0.3) is 0 Å². The second-order valence-electron chi connectivity index (χ2n) is 5.36. The standard InChI is InChI=1S/C18H10F5N3O/c19-10-2-4-13(12(21)7-10)25-15-6-1-9(8-24-15)18(27)26-14-5-3-11(20)16(22)17(14)23/h1-8H,(H,24,25)(H,26,27). The first-order chi connectivity index (χ1) is 12.8. The summed E-state index contributed by atoms with van der Waals surface area (Å²) in [6, 6.07) is 7.12. The van der Waals surface area contributed by atoms with Gasteiger partial charge in [-0.25, -0.2) is 26.9 Å². The lowest BCUT2D eigenvalue weighted by Crippen LogP contribution is -2.14. The average molecular weight is 379 g/mol. The molecule has 1 amide bonds. The smallest absolute Gasteiger partial charge is 0.257 e. The van der Waals surface area contributed by atoms with Crippen molar-refractivity contribution in [3.05, 3.63) is 83.3 Å². The van der Waals surface area contributed by atoms with Crippen molar-refractivity contribution >= 4 is 23.1 Å². The molecule has 0 saturated carbocycles. The third-order valence-electron chi connectivity index (χ3n) is 3.50. The number of halogens is 5. The van der Waals surface area contributed by atoms with Gasteiger partial charge < -0.3 is 10.6 Å². The Bertz CT molecular complexity index is 1010. The van der Waals surface area contributed by atoms with Gasteiger partial charge in [0, 0.05) is 12.3 Å². The molecule has 2 aromatic carbocycles. The largest absolute Gasteiger partial charge is 0.338 e. The van der Waals surface area contributed by atoms with Crippen LogP contribution in [0, 0.1) is 29.1 Å². The van der Waals surface area contributed by atoms with E-state index >= 15 is 0 Å². The van der Waals surface area contributed by atoms with Gasteiger partial charge in [0.25, 0.3) is 5.91 Å². The van der Waals surface area contributed by atoms with Gasteiger partial charge in [-0.3, -0.25) is 4.79 Å². The van der Waals surface area contributed by atoms with Crippen LogP contribution >= 0.6 is 0 Å². The normalized spacial score (nSPS) is 10.6. The van der Waals surface area contributed by atoms with Gasteiger partial charge in [-0.05, 0) is 36.4 Å². The molecule has 0 radical (unpaired) electrons. The SMILES string of the molecule is O=C(Nc1ccc(F)c(F)c1F)c1ccc(Nc2ccc(F)cc2F)nc1. The highest BCUT2D eigenvalue weighted by Crippen LogP contribution is 2.22.